The van der Waals surface area contributed by atoms with Gasteiger partial charge >= 0.3 is 0 Å². The third kappa shape index (κ3) is 4.07. The van der Waals surface area contributed by atoms with E-state index in [2.05, 4.69) is 52.5 Å². The van der Waals surface area contributed by atoms with Gasteiger partial charge in [0.25, 0.3) is 0 Å². The molecule has 4 aliphatic rings. The van der Waals surface area contributed by atoms with E-state index < -0.39 is 0 Å². The number of hydrogen-bond acceptors (Lipinski definition) is 2. The summed E-state index contributed by atoms with van der Waals surface area (Å²) >= 11 is 1.97. The van der Waals surface area contributed by atoms with Crippen molar-refractivity contribution in [3.05, 3.63) is 11.6 Å². The Bertz CT molecular complexity index is 626. The molecule has 1 N–H and O–H groups in total. The number of hydrogen-bond donors (Lipinski definition) is 1. The van der Waals surface area contributed by atoms with Crippen LogP contribution < -0.4 is 4.72 Å². The normalized spacial score (nSPS) is 44.2. The first-order valence-electron chi connectivity index (χ1n) is 13.3. The predicted molar refractivity (Wildman–Crippen MR) is 133 cm³/mol. The quantitative estimate of drug-likeness (QED) is 0.321. The summed E-state index contributed by atoms with van der Waals surface area (Å²) in [5, 5.41) is 0.794. The maximum absolute atomic E-state index is 3.36. The Morgan fingerprint density at radius 2 is 1.83 bits per heavy atom. The van der Waals surface area contributed by atoms with Gasteiger partial charge in [-0.2, -0.15) is 0 Å². The highest BCUT2D eigenvalue weighted by Crippen LogP contribution is 2.67. The number of fused-ring (bicyclic) bond motifs is 5. The van der Waals surface area contributed by atoms with E-state index >= 15 is 0 Å². The molecule has 4 aliphatic carbocycles. The first kappa shape index (κ1) is 23.2. The topological polar surface area (TPSA) is 12.0 Å². The lowest BCUT2D eigenvalue weighted by Gasteiger charge is -2.58. The maximum atomic E-state index is 3.36. The Morgan fingerprint density at radius 3 is 2.57 bits per heavy atom. The molecule has 8 atom stereocenters. The molecule has 0 aromatic rings. The molecule has 0 spiro atoms. The van der Waals surface area contributed by atoms with Crippen molar-refractivity contribution in [2.24, 2.45) is 46.3 Å². The lowest BCUT2D eigenvalue weighted by Crippen LogP contribution is -2.50. The van der Waals surface area contributed by atoms with E-state index in [4.69, 9.17) is 0 Å². The van der Waals surface area contributed by atoms with Gasteiger partial charge in [0.05, 0.1) is 0 Å². The third-order valence-corrected chi connectivity index (χ3v) is 11.5. The van der Waals surface area contributed by atoms with E-state index in [1.165, 1.54) is 70.6 Å². The highest BCUT2D eigenvalue weighted by atomic mass is 32.2. The molecule has 0 saturated heterocycles. The molecule has 3 saturated carbocycles. The summed E-state index contributed by atoms with van der Waals surface area (Å²) in [6.45, 7) is 12.8. The van der Waals surface area contributed by atoms with Crippen molar-refractivity contribution in [1.82, 2.24) is 4.72 Å². The molecule has 0 radical (unpaired) electrons. The Balaban J connectivity index is 1.47. The van der Waals surface area contributed by atoms with Gasteiger partial charge in [-0.05, 0) is 105 Å². The zero-order chi connectivity index (χ0) is 21.5. The molecule has 2 heteroatoms. The predicted octanol–water partition coefficient (Wildman–Crippen LogP) is 8.26. The monoisotopic (exact) mass is 431 g/mol. The highest BCUT2D eigenvalue weighted by Gasteiger charge is 2.59. The van der Waals surface area contributed by atoms with Gasteiger partial charge in [-0.15, -0.1) is 0 Å². The minimum Gasteiger partial charge on any atom is -0.267 e. The second kappa shape index (κ2) is 9.12. The zero-order valence-corrected chi connectivity index (χ0v) is 21.6. The van der Waals surface area contributed by atoms with Crippen LogP contribution in [0.3, 0.4) is 0 Å². The summed E-state index contributed by atoms with van der Waals surface area (Å²) in [6.07, 6.45) is 18.7. The average molecular weight is 432 g/mol. The molecule has 172 valence electrons. The first-order chi connectivity index (χ1) is 14.3. The Labute approximate surface area is 192 Å². The molecule has 1 nitrogen and oxygen atoms in total. The van der Waals surface area contributed by atoms with Gasteiger partial charge in [-0.3, -0.25) is 4.72 Å². The molecule has 0 bridgehead atoms. The van der Waals surface area contributed by atoms with Crippen molar-refractivity contribution < 1.29 is 0 Å². The third-order valence-electron chi connectivity index (χ3n) is 10.5. The van der Waals surface area contributed by atoms with Crippen molar-refractivity contribution in [2.45, 2.75) is 110 Å². The van der Waals surface area contributed by atoms with Crippen LogP contribution in [0.1, 0.15) is 105 Å². The Morgan fingerprint density at radius 1 is 1.03 bits per heavy atom. The fourth-order valence-corrected chi connectivity index (χ4v) is 9.75. The zero-order valence-electron chi connectivity index (χ0n) is 20.8. The van der Waals surface area contributed by atoms with Crippen LogP contribution in [0.5, 0.6) is 0 Å². The van der Waals surface area contributed by atoms with Crippen LogP contribution in [0, 0.1) is 46.3 Å². The lowest BCUT2D eigenvalue weighted by molar-refractivity contribution is -0.0497. The fraction of sp³-hybridized carbons (Fsp3) is 0.929. The van der Waals surface area contributed by atoms with Crippen LogP contribution in [0.15, 0.2) is 11.6 Å². The Kier molecular flexibility index (Phi) is 7.06. The van der Waals surface area contributed by atoms with Crippen LogP contribution >= 0.6 is 11.9 Å². The highest BCUT2D eigenvalue weighted by molar-refractivity contribution is 7.98. The van der Waals surface area contributed by atoms with Crippen molar-refractivity contribution in [2.75, 3.05) is 7.05 Å². The smallest absolute Gasteiger partial charge is 0.0230 e. The van der Waals surface area contributed by atoms with Gasteiger partial charge in [0, 0.05) is 5.25 Å². The molecular formula is C28H49NS. The Hall–Kier alpha value is 0.0500. The minimum absolute atomic E-state index is 0.510. The van der Waals surface area contributed by atoms with E-state index in [-0.39, 0.29) is 0 Å². The summed E-state index contributed by atoms with van der Waals surface area (Å²) in [6, 6.07) is 0. The van der Waals surface area contributed by atoms with Gasteiger partial charge in [0.2, 0.25) is 0 Å². The molecule has 0 heterocycles. The molecule has 0 aliphatic heterocycles. The van der Waals surface area contributed by atoms with Gasteiger partial charge in [-0.1, -0.05) is 77.5 Å². The minimum atomic E-state index is 0.510. The molecule has 30 heavy (non-hydrogen) atoms. The maximum Gasteiger partial charge on any atom is 0.0230 e. The van der Waals surface area contributed by atoms with Gasteiger partial charge in [0.1, 0.15) is 0 Å². The molecule has 0 amide bonds. The van der Waals surface area contributed by atoms with Crippen LogP contribution in [0.2, 0.25) is 0 Å². The van der Waals surface area contributed by atoms with E-state index in [0.29, 0.717) is 10.8 Å². The van der Waals surface area contributed by atoms with Crippen LogP contribution in [-0.4, -0.2) is 12.3 Å². The summed E-state index contributed by atoms with van der Waals surface area (Å²) in [5.74, 6) is 5.70. The summed E-state index contributed by atoms with van der Waals surface area (Å²) in [4.78, 5) is 0. The van der Waals surface area contributed by atoms with Crippen LogP contribution in [0.4, 0.5) is 0 Å². The molecule has 0 aromatic heterocycles. The molecule has 0 aromatic carbocycles. The number of nitrogens with one attached hydrogen (secondary N) is 1. The van der Waals surface area contributed by atoms with Gasteiger partial charge < -0.3 is 0 Å². The summed E-state index contributed by atoms with van der Waals surface area (Å²) in [5.41, 5.74) is 2.97. The van der Waals surface area contributed by atoms with Gasteiger partial charge in [0.15, 0.2) is 0 Å². The van der Waals surface area contributed by atoms with Gasteiger partial charge in [-0.25, -0.2) is 0 Å². The van der Waals surface area contributed by atoms with E-state index in [1.54, 1.807) is 0 Å². The standard InChI is InChI=1S/C28H49NS/c1-19(2)8-7-9-20(3)24-12-13-25-23-11-10-21-18-22(30-29-6)14-16-27(21,4)26(23)15-17-28(24,25)5/h10,19-20,22-26,29H,7-9,11-18H2,1-6H3/t20-,22+,23-,24+,25-,26-,27-,28+/m0/s1. The number of allylic oxidation sites excluding steroid dienone is 2. The SMILES string of the molecule is CNS[C@@H]1CC[C@@]2(C)C(=CC[C@H]3[C@@H]4CC[C@H]([C@@H](C)CCCC(C)C)[C@@]4(C)CC[C@@H]32)C1. The van der Waals surface area contributed by atoms with Crippen molar-refractivity contribution >= 4 is 11.9 Å². The average Bonchev–Trinajstić information content (AvgIpc) is 3.05. The van der Waals surface area contributed by atoms with E-state index in [0.717, 1.165) is 40.8 Å². The molecular weight excluding hydrogens is 382 g/mol. The molecule has 4 rings (SSSR count). The van der Waals surface area contributed by atoms with Crippen molar-refractivity contribution in [3.8, 4) is 0 Å². The van der Waals surface area contributed by atoms with Crippen LogP contribution in [0.25, 0.3) is 0 Å². The van der Waals surface area contributed by atoms with Crippen molar-refractivity contribution in [1.29, 1.82) is 0 Å². The van der Waals surface area contributed by atoms with Crippen LogP contribution in [-0.2, 0) is 0 Å². The second-order valence-corrected chi connectivity index (χ2v) is 13.8. The number of rotatable bonds is 7. The van der Waals surface area contributed by atoms with E-state index in [9.17, 15) is 0 Å². The lowest BCUT2D eigenvalue weighted by atomic mass is 9.47. The van der Waals surface area contributed by atoms with E-state index in [1.807, 2.05) is 17.5 Å². The van der Waals surface area contributed by atoms with Crippen molar-refractivity contribution in [3.63, 3.8) is 0 Å². The summed E-state index contributed by atoms with van der Waals surface area (Å²) < 4.78 is 3.36. The summed E-state index contributed by atoms with van der Waals surface area (Å²) in [7, 11) is 2.09. The largest absolute Gasteiger partial charge is 0.267 e. The second-order valence-electron chi connectivity index (χ2n) is 12.5. The molecule has 0 unspecified atom stereocenters. The fourth-order valence-electron chi connectivity index (χ4n) is 8.92. The first-order valence-corrected chi connectivity index (χ1v) is 14.2. The molecule has 3 fully saturated rings.